The second-order valence-electron chi connectivity index (χ2n) is 11.5. The first-order valence-electron chi connectivity index (χ1n) is 13.6. The molecule has 2 aliphatic heterocycles. The quantitative estimate of drug-likeness (QED) is 0.461. The van der Waals surface area contributed by atoms with Crippen molar-refractivity contribution < 1.29 is 23.5 Å². The summed E-state index contributed by atoms with van der Waals surface area (Å²) in [6.07, 6.45) is 4.37. The fourth-order valence-electron chi connectivity index (χ4n) is 5.14. The lowest BCUT2D eigenvalue weighted by atomic mass is 9.93. The van der Waals surface area contributed by atoms with Gasteiger partial charge in [0.05, 0.1) is 6.04 Å². The van der Waals surface area contributed by atoms with Gasteiger partial charge in [0.2, 0.25) is 0 Å². The smallest absolute Gasteiger partial charge is 0.410 e. The maximum Gasteiger partial charge on any atom is 0.410 e. The van der Waals surface area contributed by atoms with Gasteiger partial charge in [-0.15, -0.1) is 0 Å². The normalized spacial score (nSPS) is 23.3. The SMILES string of the molecule is CC(=O)SC1CCN(C(C(=O)C2CC2)c2ccccc2F)C/C1=C\CN1CCN(C(=O)OC(C)(C)C)CC1. The summed E-state index contributed by atoms with van der Waals surface area (Å²) < 4.78 is 20.4. The number of ketones is 1. The number of rotatable bonds is 7. The highest BCUT2D eigenvalue weighted by molar-refractivity contribution is 8.14. The maximum atomic E-state index is 14.9. The third kappa shape index (κ3) is 7.67. The molecule has 1 aliphatic carbocycles. The van der Waals surface area contributed by atoms with E-state index in [0.29, 0.717) is 38.3 Å². The lowest BCUT2D eigenvalue weighted by Crippen LogP contribution is -2.50. The van der Waals surface area contributed by atoms with Gasteiger partial charge < -0.3 is 9.64 Å². The zero-order valence-corrected chi connectivity index (χ0v) is 23.8. The number of halogens is 1. The predicted molar refractivity (Wildman–Crippen MR) is 147 cm³/mol. The Bertz CT molecular complexity index is 1060. The number of carbonyl (C=O) groups excluding carboxylic acids is 3. The number of ether oxygens (including phenoxy) is 1. The van der Waals surface area contributed by atoms with Crippen molar-refractivity contribution in [2.75, 3.05) is 45.8 Å². The highest BCUT2D eigenvalue weighted by atomic mass is 32.2. The molecule has 3 aliphatic rings. The van der Waals surface area contributed by atoms with E-state index >= 15 is 0 Å². The number of benzene rings is 1. The summed E-state index contributed by atoms with van der Waals surface area (Å²) >= 11 is 1.34. The molecule has 208 valence electrons. The van der Waals surface area contributed by atoms with E-state index in [1.807, 2.05) is 20.8 Å². The Morgan fingerprint density at radius 3 is 2.37 bits per heavy atom. The van der Waals surface area contributed by atoms with Gasteiger partial charge in [0.15, 0.2) is 10.9 Å². The van der Waals surface area contributed by atoms with Gasteiger partial charge in [0.25, 0.3) is 0 Å². The summed E-state index contributed by atoms with van der Waals surface area (Å²) in [5, 5.41) is 0.115. The molecule has 3 fully saturated rings. The molecule has 2 saturated heterocycles. The van der Waals surface area contributed by atoms with Gasteiger partial charge in [-0.05, 0) is 51.7 Å². The fraction of sp³-hybridized carbons (Fsp3) is 0.621. The topological polar surface area (TPSA) is 70.2 Å². The zero-order chi connectivity index (χ0) is 27.4. The summed E-state index contributed by atoms with van der Waals surface area (Å²) in [6, 6.07) is 5.99. The van der Waals surface area contributed by atoms with Crippen LogP contribution in [0.2, 0.25) is 0 Å². The molecule has 9 heteroatoms. The van der Waals surface area contributed by atoms with E-state index < -0.39 is 11.6 Å². The van der Waals surface area contributed by atoms with Crippen LogP contribution in [0.15, 0.2) is 35.9 Å². The monoisotopic (exact) mass is 545 g/mol. The van der Waals surface area contributed by atoms with Gasteiger partial charge in [-0.3, -0.25) is 19.4 Å². The molecular weight excluding hydrogens is 505 g/mol. The van der Waals surface area contributed by atoms with Crippen LogP contribution in [0.3, 0.4) is 0 Å². The number of nitrogens with zero attached hydrogens (tertiary/aromatic N) is 3. The number of Topliss-reactive ketones (excluding diaryl/α,β-unsaturated/α-hetero) is 1. The first kappa shape index (κ1) is 28.8. The molecule has 0 aromatic heterocycles. The van der Waals surface area contributed by atoms with Crippen molar-refractivity contribution in [3.8, 4) is 0 Å². The molecule has 38 heavy (non-hydrogen) atoms. The Morgan fingerprint density at radius 2 is 1.76 bits per heavy atom. The number of thioether (sulfide) groups is 1. The highest BCUT2D eigenvalue weighted by Gasteiger charge is 2.41. The van der Waals surface area contributed by atoms with Gasteiger partial charge in [-0.2, -0.15) is 0 Å². The molecule has 1 aromatic rings. The first-order chi connectivity index (χ1) is 18.0. The van der Waals surface area contributed by atoms with Gasteiger partial charge in [0.1, 0.15) is 11.4 Å². The lowest BCUT2D eigenvalue weighted by molar-refractivity contribution is -0.126. The second kappa shape index (κ2) is 12.3. The van der Waals surface area contributed by atoms with E-state index in [2.05, 4.69) is 15.9 Å². The van der Waals surface area contributed by atoms with E-state index in [4.69, 9.17) is 4.74 Å². The Balaban J connectivity index is 1.46. The number of hydrogen-bond acceptors (Lipinski definition) is 7. The molecule has 4 rings (SSSR count). The van der Waals surface area contributed by atoms with E-state index in [9.17, 15) is 18.8 Å². The first-order valence-corrected chi connectivity index (χ1v) is 14.5. The summed E-state index contributed by atoms with van der Waals surface area (Å²) in [5.74, 6) is -0.233. The summed E-state index contributed by atoms with van der Waals surface area (Å²) in [6.45, 7) is 11.7. The van der Waals surface area contributed by atoms with E-state index in [1.165, 1.54) is 17.8 Å². The summed E-state index contributed by atoms with van der Waals surface area (Å²) in [4.78, 5) is 43.9. The molecule has 1 aromatic carbocycles. The number of hydrogen-bond donors (Lipinski definition) is 0. The van der Waals surface area contributed by atoms with Gasteiger partial charge in [-0.1, -0.05) is 36.0 Å². The van der Waals surface area contributed by atoms with Crippen molar-refractivity contribution in [1.82, 2.24) is 14.7 Å². The van der Waals surface area contributed by atoms with Crippen LogP contribution in [0.4, 0.5) is 9.18 Å². The number of likely N-dealkylation sites (tertiary alicyclic amines) is 1. The van der Waals surface area contributed by atoms with Crippen molar-refractivity contribution in [3.63, 3.8) is 0 Å². The van der Waals surface area contributed by atoms with E-state index in [0.717, 1.165) is 37.9 Å². The molecule has 1 saturated carbocycles. The molecule has 7 nitrogen and oxygen atoms in total. The van der Waals surface area contributed by atoms with Crippen LogP contribution < -0.4 is 0 Å². The summed E-state index contributed by atoms with van der Waals surface area (Å²) in [5.41, 5.74) is 1.03. The Hall–Kier alpha value is -2.23. The molecule has 2 atom stereocenters. The van der Waals surface area contributed by atoms with Crippen molar-refractivity contribution >= 4 is 28.8 Å². The van der Waals surface area contributed by atoms with Crippen molar-refractivity contribution in [2.24, 2.45) is 5.92 Å². The van der Waals surface area contributed by atoms with Crippen LogP contribution in [0.1, 0.15) is 58.6 Å². The molecular formula is C29H40FN3O4S. The van der Waals surface area contributed by atoms with E-state index in [-0.39, 0.29) is 34.0 Å². The molecule has 0 bridgehead atoms. The number of piperidine rings is 1. The molecule has 0 spiro atoms. The van der Waals surface area contributed by atoms with Gasteiger partial charge in [0, 0.05) is 69.5 Å². The van der Waals surface area contributed by atoms with Crippen LogP contribution in [0.25, 0.3) is 0 Å². The standard InChI is InChI=1S/C29H40FN3O4S/c1-20(34)38-25-12-14-33(26(27(35)21-9-10-21)23-7-5-6-8-24(23)30)19-22(25)11-13-31-15-17-32(18-16-31)28(36)37-29(2,3)4/h5-8,11,21,25-26H,9-10,12-19H2,1-4H3/b22-11+. The minimum atomic E-state index is -0.604. The average molecular weight is 546 g/mol. The van der Waals surface area contributed by atoms with Crippen molar-refractivity contribution in [3.05, 3.63) is 47.3 Å². The van der Waals surface area contributed by atoms with Crippen LogP contribution in [-0.4, -0.2) is 88.4 Å². The average Bonchev–Trinajstić information content (AvgIpc) is 3.70. The highest BCUT2D eigenvalue weighted by Crippen LogP contribution is 2.40. The van der Waals surface area contributed by atoms with E-state index in [1.54, 1.807) is 30.0 Å². The zero-order valence-electron chi connectivity index (χ0n) is 23.0. The summed E-state index contributed by atoms with van der Waals surface area (Å²) in [7, 11) is 0. The van der Waals surface area contributed by atoms with Crippen LogP contribution in [0.5, 0.6) is 0 Å². The second-order valence-corrected chi connectivity index (χ2v) is 12.9. The lowest BCUT2D eigenvalue weighted by Gasteiger charge is -2.39. The minimum Gasteiger partial charge on any atom is -0.444 e. The Labute approximate surface area is 229 Å². The Kier molecular flexibility index (Phi) is 9.31. The maximum absolute atomic E-state index is 14.9. The molecule has 1 amide bonds. The molecule has 2 heterocycles. The molecule has 0 N–H and O–H groups in total. The largest absolute Gasteiger partial charge is 0.444 e. The minimum absolute atomic E-state index is 0.0117. The predicted octanol–water partition coefficient (Wildman–Crippen LogP) is 4.68. The van der Waals surface area contributed by atoms with Gasteiger partial charge in [-0.25, -0.2) is 9.18 Å². The number of carbonyl (C=O) groups is 3. The Morgan fingerprint density at radius 1 is 1.08 bits per heavy atom. The van der Waals surface area contributed by atoms with Crippen LogP contribution in [-0.2, 0) is 14.3 Å². The van der Waals surface area contributed by atoms with Crippen molar-refractivity contribution in [2.45, 2.75) is 63.9 Å². The van der Waals surface area contributed by atoms with Crippen LogP contribution >= 0.6 is 11.8 Å². The molecule has 2 unspecified atom stereocenters. The fourth-order valence-corrected chi connectivity index (χ4v) is 6.08. The number of piperazine rings is 1. The molecule has 0 radical (unpaired) electrons. The van der Waals surface area contributed by atoms with Crippen molar-refractivity contribution in [1.29, 1.82) is 0 Å². The number of amides is 1. The van der Waals surface area contributed by atoms with Crippen LogP contribution in [0, 0.1) is 11.7 Å². The third-order valence-electron chi connectivity index (χ3n) is 7.24. The third-order valence-corrected chi connectivity index (χ3v) is 8.39. The van der Waals surface area contributed by atoms with Gasteiger partial charge >= 0.3 is 6.09 Å².